The Balaban J connectivity index is 2.02. The number of carbonyl (C=O) groups excluding carboxylic acids is 1. The predicted molar refractivity (Wildman–Crippen MR) is 71.9 cm³/mol. The van der Waals surface area contributed by atoms with Gasteiger partial charge >= 0.3 is 5.97 Å². The standard InChI is InChI=1S/C13H16N4O3/c1-7-10(13(19)20)8(2)17-11(7)12(18)15-4-3-9-5-14-6-16-9/h5-6,17H,3-4H2,1-2H3,(H,14,16)(H,15,18)(H,19,20). The smallest absolute Gasteiger partial charge is 0.337 e. The zero-order valence-corrected chi connectivity index (χ0v) is 11.3. The maximum atomic E-state index is 12.0. The second kappa shape index (κ2) is 5.60. The zero-order chi connectivity index (χ0) is 14.7. The summed E-state index contributed by atoms with van der Waals surface area (Å²) in [6.07, 6.45) is 3.91. The molecular formula is C13H16N4O3. The predicted octanol–water partition coefficient (Wildman–Crippen LogP) is 1.03. The lowest BCUT2D eigenvalue weighted by Crippen LogP contribution is -2.26. The summed E-state index contributed by atoms with van der Waals surface area (Å²) in [5.74, 6) is -1.34. The Morgan fingerprint density at radius 1 is 1.40 bits per heavy atom. The number of aromatic amines is 2. The van der Waals surface area contributed by atoms with E-state index in [4.69, 9.17) is 5.11 Å². The van der Waals surface area contributed by atoms with Gasteiger partial charge in [0.05, 0.1) is 11.9 Å². The first kappa shape index (κ1) is 13.9. The minimum Gasteiger partial charge on any atom is -0.478 e. The van der Waals surface area contributed by atoms with Gasteiger partial charge in [0.1, 0.15) is 5.69 Å². The molecule has 2 aromatic rings. The number of aromatic carboxylic acids is 1. The van der Waals surface area contributed by atoms with Gasteiger partial charge in [-0.05, 0) is 19.4 Å². The molecule has 1 amide bonds. The van der Waals surface area contributed by atoms with Gasteiger partial charge in [0.15, 0.2) is 0 Å². The molecule has 2 aromatic heterocycles. The summed E-state index contributed by atoms with van der Waals surface area (Å²) < 4.78 is 0. The van der Waals surface area contributed by atoms with Crippen LogP contribution in [0.25, 0.3) is 0 Å². The molecule has 4 N–H and O–H groups in total. The molecule has 0 bridgehead atoms. The normalized spacial score (nSPS) is 10.5. The summed E-state index contributed by atoms with van der Waals surface area (Å²) in [7, 11) is 0. The highest BCUT2D eigenvalue weighted by Crippen LogP contribution is 2.17. The minimum atomic E-state index is -1.03. The first-order valence-electron chi connectivity index (χ1n) is 6.18. The van der Waals surface area contributed by atoms with Gasteiger partial charge in [-0.1, -0.05) is 0 Å². The van der Waals surface area contributed by atoms with E-state index < -0.39 is 5.97 Å². The van der Waals surface area contributed by atoms with Crippen LogP contribution < -0.4 is 5.32 Å². The zero-order valence-electron chi connectivity index (χ0n) is 11.3. The second-order valence-electron chi connectivity index (χ2n) is 4.51. The third-order valence-electron chi connectivity index (χ3n) is 3.11. The van der Waals surface area contributed by atoms with Gasteiger partial charge in [0.25, 0.3) is 5.91 Å². The molecule has 0 spiro atoms. The first-order chi connectivity index (χ1) is 9.50. The van der Waals surface area contributed by atoms with E-state index >= 15 is 0 Å². The van der Waals surface area contributed by atoms with Crippen molar-refractivity contribution in [2.24, 2.45) is 0 Å². The Kier molecular flexibility index (Phi) is 3.88. The fraction of sp³-hybridized carbons (Fsp3) is 0.308. The number of nitrogens with zero attached hydrogens (tertiary/aromatic N) is 1. The third-order valence-corrected chi connectivity index (χ3v) is 3.11. The molecular weight excluding hydrogens is 260 g/mol. The van der Waals surface area contributed by atoms with Crippen molar-refractivity contribution in [3.63, 3.8) is 0 Å². The number of carboxylic acid groups (broad SMARTS) is 1. The largest absolute Gasteiger partial charge is 0.478 e. The lowest BCUT2D eigenvalue weighted by atomic mass is 10.1. The summed E-state index contributed by atoms with van der Waals surface area (Å²) in [6.45, 7) is 3.70. The SMILES string of the molecule is Cc1[nH]c(C(=O)NCCc2cnc[nH]2)c(C)c1C(=O)O. The fourth-order valence-corrected chi connectivity index (χ4v) is 2.12. The molecule has 0 aliphatic rings. The van der Waals surface area contributed by atoms with Crippen LogP contribution in [-0.4, -0.2) is 38.5 Å². The average Bonchev–Trinajstić information content (AvgIpc) is 2.97. The molecule has 0 fully saturated rings. The Morgan fingerprint density at radius 2 is 2.15 bits per heavy atom. The second-order valence-corrected chi connectivity index (χ2v) is 4.51. The fourth-order valence-electron chi connectivity index (χ4n) is 2.12. The number of nitrogens with one attached hydrogen (secondary N) is 3. The van der Waals surface area contributed by atoms with Crippen molar-refractivity contribution in [3.05, 3.63) is 40.7 Å². The number of aromatic nitrogens is 3. The van der Waals surface area contributed by atoms with E-state index in [9.17, 15) is 9.59 Å². The van der Waals surface area contributed by atoms with E-state index in [0.717, 1.165) is 5.69 Å². The Bertz CT molecular complexity index is 628. The van der Waals surface area contributed by atoms with E-state index in [1.807, 2.05) is 0 Å². The maximum Gasteiger partial charge on any atom is 0.337 e. The molecule has 106 valence electrons. The molecule has 0 saturated heterocycles. The van der Waals surface area contributed by atoms with Crippen molar-refractivity contribution in [3.8, 4) is 0 Å². The lowest BCUT2D eigenvalue weighted by molar-refractivity contribution is 0.0695. The van der Waals surface area contributed by atoms with Crippen molar-refractivity contribution in [2.75, 3.05) is 6.54 Å². The lowest BCUT2D eigenvalue weighted by Gasteiger charge is -2.03. The molecule has 0 aliphatic carbocycles. The quantitative estimate of drug-likeness (QED) is 0.653. The van der Waals surface area contributed by atoms with Crippen molar-refractivity contribution in [2.45, 2.75) is 20.3 Å². The summed E-state index contributed by atoms with van der Waals surface area (Å²) in [4.78, 5) is 32.8. The molecule has 0 radical (unpaired) electrons. The number of carbonyl (C=O) groups is 2. The molecule has 0 aliphatic heterocycles. The van der Waals surface area contributed by atoms with Gasteiger partial charge in [0, 0.05) is 30.6 Å². The molecule has 0 unspecified atom stereocenters. The van der Waals surface area contributed by atoms with Crippen LogP contribution in [-0.2, 0) is 6.42 Å². The number of imidazole rings is 1. The Hall–Kier alpha value is -2.57. The van der Waals surface area contributed by atoms with Crippen LogP contribution in [0.4, 0.5) is 0 Å². The minimum absolute atomic E-state index is 0.156. The summed E-state index contributed by atoms with van der Waals surface area (Å²) >= 11 is 0. The average molecular weight is 276 g/mol. The van der Waals surface area contributed by atoms with E-state index in [1.165, 1.54) is 0 Å². The third kappa shape index (κ3) is 2.71. The highest BCUT2D eigenvalue weighted by Gasteiger charge is 2.21. The van der Waals surface area contributed by atoms with Gasteiger partial charge in [-0.15, -0.1) is 0 Å². The summed E-state index contributed by atoms with van der Waals surface area (Å²) in [5.41, 5.74) is 2.31. The van der Waals surface area contributed by atoms with Crippen LogP contribution in [0.3, 0.4) is 0 Å². The van der Waals surface area contributed by atoms with Crippen molar-refractivity contribution in [1.29, 1.82) is 0 Å². The van der Waals surface area contributed by atoms with Gasteiger partial charge in [-0.3, -0.25) is 4.79 Å². The van der Waals surface area contributed by atoms with Crippen LogP contribution in [0.15, 0.2) is 12.5 Å². The molecule has 2 rings (SSSR count). The van der Waals surface area contributed by atoms with Crippen LogP contribution in [0.1, 0.15) is 37.8 Å². The number of hydrogen-bond donors (Lipinski definition) is 4. The highest BCUT2D eigenvalue weighted by atomic mass is 16.4. The van der Waals surface area contributed by atoms with E-state index in [-0.39, 0.29) is 11.5 Å². The van der Waals surface area contributed by atoms with E-state index in [1.54, 1.807) is 26.4 Å². The number of H-pyrrole nitrogens is 2. The monoisotopic (exact) mass is 276 g/mol. The summed E-state index contributed by atoms with van der Waals surface area (Å²) in [5, 5.41) is 11.8. The van der Waals surface area contributed by atoms with Gasteiger partial charge in [-0.2, -0.15) is 0 Å². The van der Waals surface area contributed by atoms with Gasteiger partial charge in [-0.25, -0.2) is 9.78 Å². The molecule has 7 heteroatoms. The van der Waals surface area contributed by atoms with Crippen molar-refractivity contribution >= 4 is 11.9 Å². The van der Waals surface area contributed by atoms with Crippen LogP contribution in [0, 0.1) is 13.8 Å². The Morgan fingerprint density at radius 3 is 2.70 bits per heavy atom. The van der Waals surface area contributed by atoms with Crippen molar-refractivity contribution < 1.29 is 14.7 Å². The number of aryl methyl sites for hydroxylation is 1. The van der Waals surface area contributed by atoms with Gasteiger partial charge in [0.2, 0.25) is 0 Å². The molecule has 20 heavy (non-hydrogen) atoms. The molecule has 0 saturated carbocycles. The van der Waals surface area contributed by atoms with E-state index in [0.29, 0.717) is 29.9 Å². The number of amides is 1. The van der Waals surface area contributed by atoms with Crippen LogP contribution in [0.2, 0.25) is 0 Å². The van der Waals surface area contributed by atoms with Crippen LogP contribution >= 0.6 is 0 Å². The Labute approximate surface area is 115 Å². The maximum absolute atomic E-state index is 12.0. The van der Waals surface area contributed by atoms with Gasteiger partial charge < -0.3 is 20.4 Å². The number of carboxylic acids is 1. The summed E-state index contributed by atoms with van der Waals surface area (Å²) in [6, 6.07) is 0. The number of hydrogen-bond acceptors (Lipinski definition) is 3. The molecule has 7 nitrogen and oxygen atoms in total. The topological polar surface area (TPSA) is 111 Å². The van der Waals surface area contributed by atoms with Crippen molar-refractivity contribution in [1.82, 2.24) is 20.3 Å². The molecule has 0 atom stereocenters. The van der Waals surface area contributed by atoms with Crippen LogP contribution in [0.5, 0.6) is 0 Å². The molecule has 0 aromatic carbocycles. The first-order valence-corrected chi connectivity index (χ1v) is 6.18. The van der Waals surface area contributed by atoms with E-state index in [2.05, 4.69) is 20.3 Å². The number of rotatable bonds is 5. The molecule has 2 heterocycles. The highest BCUT2D eigenvalue weighted by molar-refractivity contribution is 5.99.